The molecule has 2 atom stereocenters. The Morgan fingerprint density at radius 3 is 2.65 bits per heavy atom. The summed E-state index contributed by atoms with van der Waals surface area (Å²) in [4.78, 5) is 4.69. The summed E-state index contributed by atoms with van der Waals surface area (Å²) >= 11 is 1.78. The molecule has 0 bridgehead atoms. The lowest BCUT2D eigenvalue weighted by molar-refractivity contribution is 0.0306. The highest BCUT2D eigenvalue weighted by Gasteiger charge is 2.49. The van der Waals surface area contributed by atoms with Crippen LogP contribution in [0.25, 0.3) is 0 Å². The van der Waals surface area contributed by atoms with Gasteiger partial charge in [-0.3, -0.25) is 0 Å². The van der Waals surface area contributed by atoms with Gasteiger partial charge in [0.15, 0.2) is 0 Å². The van der Waals surface area contributed by atoms with Gasteiger partial charge in [-0.05, 0) is 30.3 Å². The van der Waals surface area contributed by atoms with E-state index in [1.54, 1.807) is 11.8 Å². The summed E-state index contributed by atoms with van der Waals surface area (Å²) in [7, 11) is 2.09. The van der Waals surface area contributed by atoms with Crippen LogP contribution in [0.4, 0.5) is 0 Å². The van der Waals surface area contributed by atoms with E-state index in [1.165, 1.54) is 15.4 Å². The van der Waals surface area contributed by atoms with E-state index in [0.29, 0.717) is 6.54 Å². The molecule has 102 valence electrons. The second kappa shape index (κ2) is 4.35. The van der Waals surface area contributed by atoms with Crippen LogP contribution in [0.5, 0.6) is 0 Å². The summed E-state index contributed by atoms with van der Waals surface area (Å²) in [6.45, 7) is 1.60. The van der Waals surface area contributed by atoms with Crippen molar-refractivity contribution in [3.8, 4) is 0 Å². The van der Waals surface area contributed by atoms with Gasteiger partial charge in [0.1, 0.15) is 5.60 Å². The second-order valence-electron chi connectivity index (χ2n) is 5.81. The maximum Gasteiger partial charge on any atom is 0.111 e. The number of β-amino-alcohol motifs (C(OH)–C–C–N with tert-alkyl or cyclic N) is 1. The summed E-state index contributed by atoms with van der Waals surface area (Å²) in [5.74, 6) is 0.153. The minimum atomic E-state index is -0.773. The van der Waals surface area contributed by atoms with Gasteiger partial charge in [-0.25, -0.2) is 0 Å². The number of nitrogens with zero attached hydrogens (tertiary/aromatic N) is 1. The average Bonchev–Trinajstić information content (AvgIpc) is 2.71. The molecule has 4 rings (SSSR count). The summed E-state index contributed by atoms with van der Waals surface area (Å²) in [5, 5.41) is 11.4. The normalized spacial score (nSPS) is 28.4. The molecule has 2 heterocycles. The van der Waals surface area contributed by atoms with Gasteiger partial charge in [-0.15, -0.1) is 0 Å². The Morgan fingerprint density at radius 1 is 1.10 bits per heavy atom. The topological polar surface area (TPSA) is 23.5 Å². The predicted octanol–water partition coefficient (Wildman–Crippen LogP) is 3.07. The van der Waals surface area contributed by atoms with Gasteiger partial charge in [0, 0.05) is 28.8 Å². The van der Waals surface area contributed by atoms with Crippen molar-refractivity contribution in [3.05, 3.63) is 59.7 Å². The number of hydrogen-bond acceptors (Lipinski definition) is 3. The Labute approximate surface area is 123 Å². The molecule has 0 aliphatic carbocycles. The lowest BCUT2D eigenvalue weighted by Crippen LogP contribution is -2.33. The first-order valence-electron chi connectivity index (χ1n) is 6.96. The molecule has 20 heavy (non-hydrogen) atoms. The smallest absolute Gasteiger partial charge is 0.111 e. The van der Waals surface area contributed by atoms with E-state index in [4.69, 9.17) is 0 Å². The third-order valence-corrected chi connectivity index (χ3v) is 5.62. The van der Waals surface area contributed by atoms with Crippen LogP contribution in [0, 0.1) is 0 Å². The molecule has 2 aliphatic rings. The maximum atomic E-state index is 11.4. The van der Waals surface area contributed by atoms with Crippen LogP contribution >= 0.6 is 11.8 Å². The minimum Gasteiger partial charge on any atom is -0.383 e. The Balaban J connectivity index is 2.00. The molecule has 2 aliphatic heterocycles. The Hall–Kier alpha value is -1.29. The molecule has 0 unspecified atom stereocenters. The van der Waals surface area contributed by atoms with Crippen LogP contribution in [0.3, 0.4) is 0 Å². The monoisotopic (exact) mass is 283 g/mol. The quantitative estimate of drug-likeness (QED) is 0.804. The largest absolute Gasteiger partial charge is 0.383 e. The van der Waals surface area contributed by atoms with Crippen LogP contribution in [-0.4, -0.2) is 30.1 Å². The summed E-state index contributed by atoms with van der Waals surface area (Å²) < 4.78 is 0. The molecule has 0 radical (unpaired) electrons. The zero-order valence-corrected chi connectivity index (χ0v) is 12.2. The Morgan fingerprint density at radius 2 is 1.80 bits per heavy atom. The fourth-order valence-electron chi connectivity index (χ4n) is 3.57. The third-order valence-electron chi connectivity index (χ3n) is 4.45. The van der Waals surface area contributed by atoms with Crippen LogP contribution in [-0.2, 0) is 5.60 Å². The van der Waals surface area contributed by atoms with E-state index in [9.17, 15) is 5.11 Å². The van der Waals surface area contributed by atoms with Crippen molar-refractivity contribution >= 4 is 11.8 Å². The molecule has 2 nitrogen and oxygen atoms in total. The number of benzene rings is 2. The lowest BCUT2D eigenvalue weighted by Gasteiger charge is -2.29. The molecule has 3 heteroatoms. The maximum absolute atomic E-state index is 11.4. The molecule has 2 aromatic rings. The van der Waals surface area contributed by atoms with Gasteiger partial charge in [-0.1, -0.05) is 48.2 Å². The number of likely N-dealkylation sites (tertiary alicyclic amines) is 1. The zero-order valence-electron chi connectivity index (χ0n) is 11.4. The number of fused-ring (bicyclic) bond motifs is 5. The summed E-state index contributed by atoms with van der Waals surface area (Å²) in [5.41, 5.74) is 1.58. The summed E-state index contributed by atoms with van der Waals surface area (Å²) in [6, 6.07) is 16.8. The molecule has 0 amide bonds. The number of likely N-dealkylation sites (N-methyl/N-ethyl adjacent to an activating group) is 1. The highest BCUT2D eigenvalue weighted by molar-refractivity contribution is 7.99. The average molecular weight is 283 g/mol. The van der Waals surface area contributed by atoms with E-state index in [0.717, 1.165) is 12.1 Å². The van der Waals surface area contributed by atoms with Crippen LogP contribution in [0.15, 0.2) is 58.3 Å². The van der Waals surface area contributed by atoms with Gasteiger partial charge < -0.3 is 10.0 Å². The van der Waals surface area contributed by atoms with Crippen molar-refractivity contribution in [2.24, 2.45) is 0 Å². The first kappa shape index (κ1) is 12.5. The van der Waals surface area contributed by atoms with E-state index < -0.39 is 5.60 Å². The number of aliphatic hydroxyl groups is 1. The van der Waals surface area contributed by atoms with Crippen molar-refractivity contribution in [2.75, 3.05) is 20.1 Å². The van der Waals surface area contributed by atoms with Gasteiger partial charge in [0.2, 0.25) is 0 Å². The van der Waals surface area contributed by atoms with E-state index in [2.05, 4.69) is 54.4 Å². The lowest BCUT2D eigenvalue weighted by atomic mass is 9.80. The first-order chi connectivity index (χ1) is 9.68. The molecule has 1 saturated heterocycles. The molecule has 0 aromatic heterocycles. The van der Waals surface area contributed by atoms with Crippen LogP contribution in [0.1, 0.15) is 17.0 Å². The molecule has 0 saturated carbocycles. The Bertz CT molecular complexity index is 672. The minimum absolute atomic E-state index is 0.153. The molecular formula is C17H17NOS. The van der Waals surface area contributed by atoms with Crippen LogP contribution in [0.2, 0.25) is 0 Å². The van der Waals surface area contributed by atoms with Crippen molar-refractivity contribution in [1.82, 2.24) is 4.90 Å². The molecule has 0 spiro atoms. The van der Waals surface area contributed by atoms with Gasteiger partial charge in [0.25, 0.3) is 0 Å². The van der Waals surface area contributed by atoms with Crippen molar-refractivity contribution in [2.45, 2.75) is 21.3 Å². The highest BCUT2D eigenvalue weighted by Crippen LogP contribution is 2.52. The highest BCUT2D eigenvalue weighted by atomic mass is 32.2. The zero-order chi connectivity index (χ0) is 13.7. The van der Waals surface area contributed by atoms with Crippen molar-refractivity contribution in [3.63, 3.8) is 0 Å². The number of rotatable bonds is 0. The van der Waals surface area contributed by atoms with E-state index in [-0.39, 0.29) is 5.92 Å². The Kier molecular flexibility index (Phi) is 2.71. The molecule has 1 fully saturated rings. The van der Waals surface area contributed by atoms with Gasteiger partial charge in [0.05, 0.1) is 0 Å². The van der Waals surface area contributed by atoms with Crippen molar-refractivity contribution in [1.29, 1.82) is 0 Å². The van der Waals surface area contributed by atoms with Gasteiger partial charge in [-0.2, -0.15) is 0 Å². The predicted molar refractivity (Wildman–Crippen MR) is 81.1 cm³/mol. The second-order valence-corrected chi connectivity index (χ2v) is 6.89. The van der Waals surface area contributed by atoms with Crippen LogP contribution < -0.4 is 0 Å². The fraction of sp³-hybridized carbons (Fsp3) is 0.294. The summed E-state index contributed by atoms with van der Waals surface area (Å²) in [6.07, 6.45) is 0. The van der Waals surface area contributed by atoms with Gasteiger partial charge >= 0.3 is 0 Å². The molecular weight excluding hydrogens is 266 g/mol. The first-order valence-corrected chi connectivity index (χ1v) is 7.77. The van der Waals surface area contributed by atoms with E-state index >= 15 is 0 Å². The standard InChI is InChI=1S/C17H17NOS/c1-18-10-14-12-6-2-4-8-15(12)20-16-9-5-3-7-13(16)17(14,19)11-18/h2-9,14,19H,10-11H2,1H3/t14-,17-/m0/s1. The van der Waals surface area contributed by atoms with E-state index in [1.807, 2.05) is 6.07 Å². The number of hydrogen-bond donors (Lipinski definition) is 1. The molecule has 2 aromatic carbocycles. The SMILES string of the molecule is CN1C[C@H]2c3ccccc3Sc3ccccc3[C@@]2(O)C1. The third kappa shape index (κ3) is 1.67. The molecule has 1 N–H and O–H groups in total. The fourth-order valence-corrected chi connectivity index (χ4v) is 4.78. The van der Waals surface area contributed by atoms with Crippen molar-refractivity contribution < 1.29 is 5.11 Å².